The fraction of sp³-hybridized carbons (Fsp3) is 0.500. The zero-order valence-corrected chi connectivity index (χ0v) is 9.50. The van der Waals surface area contributed by atoms with Crippen LogP contribution in [0.4, 0.5) is 5.82 Å². The lowest BCUT2D eigenvalue weighted by Crippen LogP contribution is -2.43. The van der Waals surface area contributed by atoms with E-state index in [2.05, 4.69) is 20.6 Å². The summed E-state index contributed by atoms with van der Waals surface area (Å²) >= 11 is 5.70. The van der Waals surface area contributed by atoms with Gasteiger partial charge in [0.15, 0.2) is 0 Å². The fourth-order valence-corrected chi connectivity index (χ4v) is 1.84. The van der Waals surface area contributed by atoms with Crippen molar-refractivity contribution in [3.8, 4) is 0 Å². The summed E-state index contributed by atoms with van der Waals surface area (Å²) in [7, 11) is 0. The molecule has 5 nitrogen and oxygen atoms in total. The van der Waals surface area contributed by atoms with Crippen molar-refractivity contribution in [2.75, 3.05) is 11.9 Å². The molecule has 0 spiro atoms. The topological polar surface area (TPSA) is 66.9 Å². The van der Waals surface area contributed by atoms with Gasteiger partial charge < -0.3 is 10.6 Å². The summed E-state index contributed by atoms with van der Waals surface area (Å²) in [4.78, 5) is 19.5. The molecule has 2 rings (SSSR count). The van der Waals surface area contributed by atoms with Gasteiger partial charge in [-0.1, -0.05) is 18.0 Å². The Hall–Kier alpha value is -1.20. The van der Waals surface area contributed by atoms with Crippen molar-refractivity contribution in [1.82, 2.24) is 15.3 Å². The fourth-order valence-electron chi connectivity index (χ4n) is 1.69. The smallest absolute Gasteiger partial charge is 0.242 e. The van der Waals surface area contributed by atoms with Crippen molar-refractivity contribution in [3.63, 3.8) is 0 Å². The molecule has 16 heavy (non-hydrogen) atoms. The molecule has 0 radical (unpaired) electrons. The summed E-state index contributed by atoms with van der Waals surface area (Å²) in [6.07, 6.45) is 4.40. The normalized spacial score (nSPS) is 20.4. The van der Waals surface area contributed by atoms with Gasteiger partial charge in [-0.25, -0.2) is 9.97 Å². The highest BCUT2D eigenvalue weighted by molar-refractivity contribution is 6.29. The quantitative estimate of drug-likeness (QED) is 0.763. The number of hydrogen-bond donors (Lipinski definition) is 2. The molecule has 1 saturated heterocycles. The minimum absolute atomic E-state index is 0.0607. The number of nitrogens with zero attached hydrogens (tertiary/aromatic N) is 2. The van der Waals surface area contributed by atoms with Gasteiger partial charge in [-0.3, -0.25) is 4.79 Å². The Kier molecular flexibility index (Phi) is 3.69. The van der Waals surface area contributed by atoms with Crippen molar-refractivity contribution in [3.05, 3.63) is 17.5 Å². The molecule has 0 aliphatic carbocycles. The molecule has 6 heteroatoms. The second-order valence-electron chi connectivity index (χ2n) is 3.72. The van der Waals surface area contributed by atoms with Gasteiger partial charge in [0.1, 0.15) is 17.3 Å². The molecule has 0 saturated carbocycles. The van der Waals surface area contributed by atoms with E-state index in [1.165, 1.54) is 12.4 Å². The number of anilines is 1. The van der Waals surface area contributed by atoms with Crippen LogP contribution in [0.2, 0.25) is 5.15 Å². The lowest BCUT2D eigenvalue weighted by atomic mass is 10.0. The molecular weight excluding hydrogens is 228 g/mol. The van der Waals surface area contributed by atoms with E-state index < -0.39 is 0 Å². The summed E-state index contributed by atoms with van der Waals surface area (Å²) in [6.45, 7) is 0.891. The van der Waals surface area contributed by atoms with Crippen LogP contribution in [0.15, 0.2) is 12.4 Å². The molecule has 0 aromatic carbocycles. The first-order chi connectivity index (χ1) is 7.75. The first-order valence-electron chi connectivity index (χ1n) is 5.27. The number of hydrogen-bond acceptors (Lipinski definition) is 4. The first-order valence-corrected chi connectivity index (χ1v) is 5.65. The summed E-state index contributed by atoms with van der Waals surface area (Å²) in [5.41, 5.74) is 0. The van der Waals surface area contributed by atoms with E-state index in [9.17, 15) is 4.79 Å². The van der Waals surface area contributed by atoms with Crippen LogP contribution in [0.1, 0.15) is 19.3 Å². The molecule has 1 aromatic heterocycles. The van der Waals surface area contributed by atoms with Crippen LogP contribution in [-0.2, 0) is 4.79 Å². The number of rotatable bonds is 2. The van der Waals surface area contributed by atoms with Gasteiger partial charge in [-0.15, -0.1) is 0 Å². The average Bonchev–Trinajstić information content (AvgIpc) is 2.30. The van der Waals surface area contributed by atoms with Crippen LogP contribution in [-0.4, -0.2) is 28.5 Å². The molecule has 1 aliphatic rings. The Bertz CT molecular complexity index is 379. The van der Waals surface area contributed by atoms with Crippen LogP contribution in [0.5, 0.6) is 0 Å². The third kappa shape index (κ3) is 2.90. The standard InChI is InChI=1S/C10H13ClN4O/c11-8-5-9(14-6-13-8)15-10(16)7-3-1-2-4-12-7/h5-7,12H,1-4H2,(H,13,14,15,16)/t7-/m1/s1. The van der Waals surface area contributed by atoms with Gasteiger partial charge in [-0.05, 0) is 19.4 Å². The molecular formula is C10H13ClN4O. The maximum Gasteiger partial charge on any atom is 0.242 e. The van der Waals surface area contributed by atoms with E-state index in [1.54, 1.807) is 0 Å². The molecule has 0 unspecified atom stereocenters. The zero-order chi connectivity index (χ0) is 11.4. The molecule has 2 N–H and O–H groups in total. The van der Waals surface area contributed by atoms with E-state index in [1.807, 2.05) is 0 Å². The Labute approximate surface area is 98.6 Å². The third-order valence-corrected chi connectivity index (χ3v) is 2.72. The van der Waals surface area contributed by atoms with Crippen molar-refractivity contribution in [1.29, 1.82) is 0 Å². The largest absolute Gasteiger partial charge is 0.309 e. The SMILES string of the molecule is O=C(Nc1cc(Cl)ncn1)[C@H]1CCCCN1. The van der Waals surface area contributed by atoms with Crippen molar-refractivity contribution < 1.29 is 4.79 Å². The number of carbonyl (C=O) groups is 1. The second-order valence-corrected chi connectivity index (χ2v) is 4.10. The van der Waals surface area contributed by atoms with E-state index in [-0.39, 0.29) is 11.9 Å². The summed E-state index contributed by atoms with van der Waals surface area (Å²) < 4.78 is 0. The second kappa shape index (κ2) is 5.23. The number of carbonyl (C=O) groups excluding carboxylic acids is 1. The lowest BCUT2D eigenvalue weighted by molar-refractivity contribution is -0.118. The van der Waals surface area contributed by atoms with Gasteiger partial charge in [0.05, 0.1) is 6.04 Å². The number of halogens is 1. The van der Waals surface area contributed by atoms with Crippen molar-refractivity contribution in [2.45, 2.75) is 25.3 Å². The molecule has 0 bridgehead atoms. The van der Waals surface area contributed by atoms with E-state index in [0.717, 1.165) is 25.8 Å². The van der Waals surface area contributed by atoms with E-state index >= 15 is 0 Å². The van der Waals surface area contributed by atoms with Crippen LogP contribution in [0.3, 0.4) is 0 Å². The molecule has 1 amide bonds. The first kappa shape index (κ1) is 11.3. The molecule has 1 atom stereocenters. The number of amides is 1. The van der Waals surface area contributed by atoms with Crippen LogP contribution < -0.4 is 10.6 Å². The maximum atomic E-state index is 11.8. The van der Waals surface area contributed by atoms with E-state index in [4.69, 9.17) is 11.6 Å². The molecule has 1 aromatic rings. The molecule has 86 valence electrons. The Balaban J connectivity index is 1.96. The van der Waals surface area contributed by atoms with Crippen molar-refractivity contribution in [2.24, 2.45) is 0 Å². The zero-order valence-electron chi connectivity index (χ0n) is 8.74. The number of aromatic nitrogens is 2. The summed E-state index contributed by atoms with van der Waals surface area (Å²) in [5.74, 6) is 0.381. The van der Waals surface area contributed by atoms with Gasteiger partial charge in [0, 0.05) is 6.07 Å². The van der Waals surface area contributed by atoms with Crippen molar-refractivity contribution >= 4 is 23.3 Å². The number of piperidine rings is 1. The van der Waals surface area contributed by atoms with Crippen LogP contribution in [0, 0.1) is 0 Å². The Morgan fingerprint density at radius 3 is 3.06 bits per heavy atom. The number of nitrogens with one attached hydrogen (secondary N) is 2. The monoisotopic (exact) mass is 240 g/mol. The highest BCUT2D eigenvalue weighted by Gasteiger charge is 2.20. The van der Waals surface area contributed by atoms with Gasteiger partial charge in [0.2, 0.25) is 5.91 Å². The summed E-state index contributed by atoms with van der Waals surface area (Å²) in [6, 6.07) is 1.41. The van der Waals surface area contributed by atoms with Gasteiger partial charge in [0.25, 0.3) is 0 Å². The predicted octanol–water partition coefficient (Wildman–Crippen LogP) is 1.21. The highest BCUT2D eigenvalue weighted by atomic mass is 35.5. The minimum atomic E-state index is -0.123. The molecule has 1 aliphatic heterocycles. The lowest BCUT2D eigenvalue weighted by Gasteiger charge is -2.22. The Morgan fingerprint density at radius 1 is 1.50 bits per heavy atom. The van der Waals surface area contributed by atoms with Gasteiger partial charge in [-0.2, -0.15) is 0 Å². The van der Waals surface area contributed by atoms with Gasteiger partial charge >= 0.3 is 0 Å². The molecule has 1 fully saturated rings. The third-order valence-electron chi connectivity index (χ3n) is 2.51. The molecule has 2 heterocycles. The maximum absolute atomic E-state index is 11.8. The van der Waals surface area contributed by atoms with Crippen LogP contribution >= 0.6 is 11.6 Å². The van der Waals surface area contributed by atoms with E-state index in [0.29, 0.717) is 11.0 Å². The average molecular weight is 241 g/mol. The Morgan fingerprint density at radius 2 is 2.38 bits per heavy atom. The minimum Gasteiger partial charge on any atom is -0.309 e. The summed E-state index contributed by atoms with van der Waals surface area (Å²) in [5, 5.41) is 6.20. The predicted molar refractivity (Wildman–Crippen MR) is 61.3 cm³/mol. The highest BCUT2D eigenvalue weighted by Crippen LogP contribution is 2.11. The van der Waals surface area contributed by atoms with Crippen LogP contribution in [0.25, 0.3) is 0 Å².